The highest BCUT2D eigenvalue weighted by Crippen LogP contribution is 2.16. The maximum absolute atomic E-state index is 12.5. The van der Waals surface area contributed by atoms with E-state index in [9.17, 15) is 14.4 Å². The van der Waals surface area contributed by atoms with Gasteiger partial charge in [-0.15, -0.1) is 11.3 Å². The number of hydrogen-bond acceptors (Lipinski definition) is 8. The molecule has 3 rings (SSSR count). The number of ether oxygens (including phenoxy) is 1. The molecular formula is C21H23N5O5S. The fraction of sp³-hybridized carbons (Fsp3) is 0.286. The maximum atomic E-state index is 12.5. The van der Waals surface area contributed by atoms with Crippen molar-refractivity contribution >= 4 is 34.2 Å². The average molecular weight is 458 g/mol. The lowest BCUT2D eigenvalue weighted by molar-refractivity contribution is -0.120. The molecule has 0 saturated heterocycles. The van der Waals surface area contributed by atoms with E-state index in [2.05, 4.69) is 20.6 Å². The summed E-state index contributed by atoms with van der Waals surface area (Å²) in [5.41, 5.74) is 1.44. The molecule has 0 aliphatic carbocycles. The molecular weight excluding hydrogens is 434 g/mol. The molecule has 0 aliphatic heterocycles. The van der Waals surface area contributed by atoms with Crippen molar-refractivity contribution in [2.75, 3.05) is 32.1 Å². The van der Waals surface area contributed by atoms with Gasteiger partial charge in [0.05, 0.1) is 25.0 Å². The number of anilines is 1. The van der Waals surface area contributed by atoms with Gasteiger partial charge in [0, 0.05) is 38.0 Å². The van der Waals surface area contributed by atoms with Crippen LogP contribution in [0.25, 0.3) is 0 Å². The van der Waals surface area contributed by atoms with Gasteiger partial charge in [-0.2, -0.15) is 0 Å². The van der Waals surface area contributed by atoms with Crippen LogP contribution < -0.4 is 10.6 Å². The third-order valence-electron chi connectivity index (χ3n) is 4.27. The van der Waals surface area contributed by atoms with E-state index in [0.29, 0.717) is 17.4 Å². The van der Waals surface area contributed by atoms with E-state index >= 15 is 0 Å². The minimum Gasteiger partial charge on any atom is -0.459 e. The van der Waals surface area contributed by atoms with Crippen molar-refractivity contribution in [2.24, 2.45) is 0 Å². The second kappa shape index (κ2) is 11.7. The largest absolute Gasteiger partial charge is 0.459 e. The lowest BCUT2D eigenvalue weighted by Gasteiger charge is -2.20. The van der Waals surface area contributed by atoms with Crippen LogP contribution in [0.1, 0.15) is 21.8 Å². The van der Waals surface area contributed by atoms with Crippen molar-refractivity contribution in [1.82, 2.24) is 20.2 Å². The van der Waals surface area contributed by atoms with Gasteiger partial charge in [0.2, 0.25) is 11.8 Å². The van der Waals surface area contributed by atoms with Crippen LogP contribution in [0.3, 0.4) is 0 Å². The molecule has 3 heterocycles. The third-order valence-corrected chi connectivity index (χ3v) is 5.08. The van der Waals surface area contributed by atoms with E-state index in [4.69, 9.17) is 9.15 Å². The van der Waals surface area contributed by atoms with Crippen molar-refractivity contribution < 1.29 is 23.5 Å². The maximum Gasteiger partial charge on any atom is 0.290 e. The van der Waals surface area contributed by atoms with Crippen LogP contribution in [-0.4, -0.2) is 59.4 Å². The van der Waals surface area contributed by atoms with Gasteiger partial charge in [-0.25, -0.2) is 4.98 Å². The molecule has 3 aromatic rings. The number of nitrogens with zero attached hydrogens (tertiary/aromatic N) is 3. The Labute approximate surface area is 188 Å². The third kappa shape index (κ3) is 7.00. The predicted molar refractivity (Wildman–Crippen MR) is 117 cm³/mol. The van der Waals surface area contributed by atoms with Crippen LogP contribution in [0.4, 0.5) is 5.13 Å². The molecule has 168 valence electrons. The van der Waals surface area contributed by atoms with E-state index in [-0.39, 0.29) is 37.8 Å². The second-order valence-corrected chi connectivity index (χ2v) is 7.56. The van der Waals surface area contributed by atoms with Gasteiger partial charge in [-0.3, -0.25) is 19.4 Å². The minimum atomic E-state index is -0.414. The topological polar surface area (TPSA) is 127 Å². The smallest absolute Gasteiger partial charge is 0.290 e. The SMILES string of the molecule is COCCN(CC(=O)Nc1nc(CC(=O)NCc2cccnc2)cs1)C(=O)c1ccco1. The Morgan fingerprint density at radius 2 is 2.09 bits per heavy atom. The van der Waals surface area contributed by atoms with Crippen LogP contribution >= 0.6 is 11.3 Å². The zero-order valence-electron chi connectivity index (χ0n) is 17.4. The number of pyridine rings is 1. The van der Waals surface area contributed by atoms with Crippen LogP contribution in [-0.2, 0) is 27.3 Å². The molecule has 0 saturated carbocycles. The van der Waals surface area contributed by atoms with Crippen LogP contribution in [0.2, 0.25) is 0 Å². The summed E-state index contributed by atoms with van der Waals surface area (Å²) < 4.78 is 10.1. The number of hydrogen-bond donors (Lipinski definition) is 2. The summed E-state index contributed by atoms with van der Waals surface area (Å²) in [4.78, 5) is 46.7. The van der Waals surface area contributed by atoms with Gasteiger partial charge >= 0.3 is 0 Å². The minimum absolute atomic E-state index is 0.0869. The first-order valence-electron chi connectivity index (χ1n) is 9.76. The highest BCUT2D eigenvalue weighted by atomic mass is 32.1. The van der Waals surface area contributed by atoms with Gasteiger partial charge in [-0.1, -0.05) is 6.07 Å². The Morgan fingerprint density at radius 1 is 1.22 bits per heavy atom. The van der Waals surface area contributed by atoms with E-state index < -0.39 is 11.8 Å². The van der Waals surface area contributed by atoms with Crippen molar-refractivity contribution in [3.05, 3.63) is 65.3 Å². The van der Waals surface area contributed by atoms with E-state index in [0.717, 1.165) is 5.56 Å². The molecule has 0 aromatic carbocycles. The van der Waals surface area contributed by atoms with Crippen LogP contribution in [0.15, 0.2) is 52.7 Å². The first-order chi connectivity index (χ1) is 15.5. The summed E-state index contributed by atoms with van der Waals surface area (Å²) >= 11 is 1.21. The van der Waals surface area contributed by atoms with E-state index in [1.54, 1.807) is 29.9 Å². The van der Waals surface area contributed by atoms with Crippen LogP contribution in [0.5, 0.6) is 0 Å². The fourth-order valence-corrected chi connectivity index (χ4v) is 3.44. The number of amides is 3. The van der Waals surface area contributed by atoms with Crippen molar-refractivity contribution in [2.45, 2.75) is 13.0 Å². The van der Waals surface area contributed by atoms with Crippen molar-refractivity contribution in [1.29, 1.82) is 0 Å². The first kappa shape index (κ1) is 23.1. The molecule has 0 spiro atoms. The van der Waals surface area contributed by atoms with Gasteiger partial charge in [0.1, 0.15) is 6.54 Å². The quantitative estimate of drug-likeness (QED) is 0.449. The summed E-state index contributed by atoms with van der Waals surface area (Å²) in [5.74, 6) is -0.871. The number of nitrogens with one attached hydrogen (secondary N) is 2. The normalized spacial score (nSPS) is 10.5. The molecule has 0 radical (unpaired) electrons. The van der Waals surface area contributed by atoms with Gasteiger partial charge in [-0.05, 0) is 23.8 Å². The molecule has 0 bridgehead atoms. The number of rotatable bonds is 11. The summed E-state index contributed by atoms with van der Waals surface area (Å²) in [5, 5.41) is 7.52. The zero-order valence-corrected chi connectivity index (χ0v) is 18.3. The molecule has 0 fully saturated rings. The first-order valence-corrected chi connectivity index (χ1v) is 10.6. The Hall–Kier alpha value is -3.57. The Balaban J connectivity index is 1.50. The van der Waals surface area contributed by atoms with E-state index in [1.165, 1.54) is 35.7 Å². The molecule has 10 nitrogen and oxygen atoms in total. The number of carbonyl (C=O) groups is 3. The molecule has 32 heavy (non-hydrogen) atoms. The van der Waals surface area contributed by atoms with Gasteiger partial charge < -0.3 is 24.7 Å². The molecule has 3 amide bonds. The Kier molecular flexibility index (Phi) is 8.46. The zero-order chi connectivity index (χ0) is 22.8. The standard InChI is InChI=1S/C21H23N5O5S/c1-30-9-7-26(20(29)17-5-3-8-31-17)13-19(28)25-21-24-16(14-32-21)10-18(27)23-12-15-4-2-6-22-11-15/h2-6,8,11,14H,7,9-10,12-13H2,1H3,(H,23,27)(H,24,25,28). The highest BCUT2D eigenvalue weighted by Gasteiger charge is 2.21. The second-order valence-electron chi connectivity index (χ2n) is 6.70. The molecule has 11 heteroatoms. The fourth-order valence-electron chi connectivity index (χ4n) is 2.72. The van der Waals surface area contributed by atoms with Gasteiger partial charge in [0.15, 0.2) is 10.9 Å². The number of thiazole rings is 1. The number of aromatic nitrogens is 2. The lowest BCUT2D eigenvalue weighted by atomic mass is 10.2. The monoisotopic (exact) mass is 457 g/mol. The van der Waals surface area contributed by atoms with Crippen molar-refractivity contribution in [3.8, 4) is 0 Å². The molecule has 3 aromatic heterocycles. The summed E-state index contributed by atoms with van der Waals surface area (Å²) in [6, 6.07) is 6.81. The lowest BCUT2D eigenvalue weighted by Crippen LogP contribution is -2.39. The Bertz CT molecular complexity index is 1020. The molecule has 0 unspecified atom stereocenters. The Morgan fingerprint density at radius 3 is 2.81 bits per heavy atom. The number of furan rings is 1. The van der Waals surface area contributed by atoms with Crippen LogP contribution in [0, 0.1) is 0 Å². The summed E-state index contributed by atoms with van der Waals surface area (Å²) in [6.45, 7) is 0.684. The van der Waals surface area contributed by atoms with E-state index in [1.807, 2.05) is 6.07 Å². The summed E-state index contributed by atoms with van der Waals surface area (Å²) in [6.07, 6.45) is 4.83. The average Bonchev–Trinajstić information content (AvgIpc) is 3.48. The molecule has 0 aliphatic rings. The predicted octanol–water partition coefficient (Wildman–Crippen LogP) is 1.72. The highest BCUT2D eigenvalue weighted by molar-refractivity contribution is 7.13. The van der Waals surface area contributed by atoms with Gasteiger partial charge in [0.25, 0.3) is 5.91 Å². The summed E-state index contributed by atoms with van der Waals surface area (Å²) in [7, 11) is 1.51. The number of methoxy groups -OCH3 is 1. The molecule has 2 N–H and O–H groups in total. The number of carbonyl (C=O) groups excluding carboxylic acids is 3. The molecule has 0 atom stereocenters. The van der Waals surface area contributed by atoms with Crippen molar-refractivity contribution in [3.63, 3.8) is 0 Å².